The molecule has 0 bridgehead atoms. The van der Waals surface area contributed by atoms with Crippen molar-refractivity contribution in [3.8, 4) is 0 Å². The highest BCUT2D eigenvalue weighted by atomic mass is 16.5. The van der Waals surface area contributed by atoms with E-state index >= 15 is 0 Å². The lowest BCUT2D eigenvalue weighted by atomic mass is 10.0. The van der Waals surface area contributed by atoms with Crippen LogP contribution in [0.25, 0.3) is 0 Å². The van der Waals surface area contributed by atoms with Crippen molar-refractivity contribution in [2.24, 2.45) is 10.7 Å². The Labute approximate surface area is 160 Å². The van der Waals surface area contributed by atoms with Gasteiger partial charge in [-0.3, -0.25) is 4.79 Å². The van der Waals surface area contributed by atoms with Gasteiger partial charge in [0.1, 0.15) is 5.60 Å². The number of rotatable bonds is 5. The second kappa shape index (κ2) is 7.27. The zero-order valence-corrected chi connectivity index (χ0v) is 16.2. The van der Waals surface area contributed by atoms with E-state index in [0.717, 1.165) is 40.2 Å². The zero-order chi connectivity index (χ0) is 19.6. The van der Waals surface area contributed by atoms with Crippen molar-refractivity contribution in [3.05, 3.63) is 71.1 Å². The van der Waals surface area contributed by atoms with Gasteiger partial charge in [0, 0.05) is 6.08 Å². The van der Waals surface area contributed by atoms with E-state index in [1.54, 1.807) is 11.0 Å². The number of benzene rings is 2. The number of amides is 1. The molecule has 2 N–H and O–H groups in total. The van der Waals surface area contributed by atoms with E-state index in [1.807, 2.05) is 70.2 Å². The van der Waals surface area contributed by atoms with Crippen molar-refractivity contribution < 1.29 is 9.53 Å². The van der Waals surface area contributed by atoms with Crippen molar-refractivity contribution in [2.75, 3.05) is 4.90 Å². The van der Waals surface area contributed by atoms with Gasteiger partial charge in [-0.15, -0.1) is 0 Å². The molecule has 0 radical (unpaired) electrons. The maximum atomic E-state index is 11.9. The van der Waals surface area contributed by atoms with Crippen molar-refractivity contribution in [3.63, 3.8) is 0 Å². The summed E-state index contributed by atoms with van der Waals surface area (Å²) in [5.74, 6) is 0.348. The molecule has 0 spiro atoms. The Kier molecular flexibility index (Phi) is 5.04. The average Bonchev–Trinajstić information content (AvgIpc) is 2.88. The van der Waals surface area contributed by atoms with Crippen LogP contribution in [0.4, 0.5) is 11.4 Å². The molecule has 0 fully saturated rings. The van der Waals surface area contributed by atoms with Crippen LogP contribution in [0.5, 0.6) is 0 Å². The van der Waals surface area contributed by atoms with Crippen molar-refractivity contribution in [1.29, 1.82) is 0 Å². The molecule has 140 valence electrons. The molecule has 1 heterocycles. The van der Waals surface area contributed by atoms with E-state index in [2.05, 4.69) is 0 Å². The molecule has 0 saturated carbocycles. The van der Waals surface area contributed by atoms with Gasteiger partial charge in [-0.05, 0) is 56.5 Å². The highest BCUT2D eigenvalue weighted by molar-refractivity contribution is 6.05. The second-order valence-electron chi connectivity index (χ2n) is 7.30. The quantitative estimate of drug-likeness (QED) is 0.812. The minimum Gasteiger partial charge on any atom is -0.467 e. The van der Waals surface area contributed by atoms with Gasteiger partial charge >= 0.3 is 0 Å². The Morgan fingerprint density at radius 1 is 1.15 bits per heavy atom. The van der Waals surface area contributed by atoms with Gasteiger partial charge in [0.2, 0.25) is 6.41 Å². The lowest BCUT2D eigenvalue weighted by Crippen LogP contribution is -2.29. The predicted molar refractivity (Wildman–Crippen MR) is 109 cm³/mol. The van der Waals surface area contributed by atoms with E-state index in [1.165, 1.54) is 0 Å². The number of aryl methyl sites for hydroxylation is 2. The Morgan fingerprint density at radius 2 is 1.81 bits per heavy atom. The lowest BCUT2D eigenvalue weighted by molar-refractivity contribution is -0.107. The molecule has 3 rings (SSSR count). The third kappa shape index (κ3) is 4.03. The Morgan fingerprint density at radius 3 is 2.41 bits per heavy atom. The van der Waals surface area contributed by atoms with E-state index < -0.39 is 5.60 Å². The molecule has 0 aliphatic carbocycles. The largest absolute Gasteiger partial charge is 0.467 e. The Balaban J connectivity index is 2.07. The lowest BCUT2D eigenvalue weighted by Gasteiger charge is -2.23. The summed E-state index contributed by atoms with van der Waals surface area (Å²) in [5, 5.41) is 0. The van der Waals surface area contributed by atoms with Crippen LogP contribution in [0, 0.1) is 13.8 Å². The molecular formula is C22H25N3O2. The molecular weight excluding hydrogens is 338 g/mol. The molecule has 1 aliphatic rings. The normalized spacial score (nSPS) is 16.7. The first-order valence-corrected chi connectivity index (χ1v) is 8.92. The minimum atomic E-state index is -0.606. The standard InChI is InChI=1S/C22H25N3O2/c1-15-10-18(24-20-12-21(23)27-22(20,3)4)19(11-16(15)2)25(14-26)13-17-8-6-5-7-9-17/h5-12,14H,13,23H2,1-4H3. The highest BCUT2D eigenvalue weighted by Gasteiger charge is 2.32. The molecule has 2 aromatic rings. The van der Waals surface area contributed by atoms with E-state index in [-0.39, 0.29) is 0 Å². The predicted octanol–water partition coefficient (Wildman–Crippen LogP) is 4.15. The van der Waals surface area contributed by atoms with E-state index in [9.17, 15) is 4.79 Å². The molecule has 0 saturated heterocycles. The van der Waals surface area contributed by atoms with Gasteiger partial charge in [-0.2, -0.15) is 0 Å². The van der Waals surface area contributed by atoms with Crippen LogP contribution in [-0.4, -0.2) is 17.7 Å². The first kappa shape index (κ1) is 18.7. The summed E-state index contributed by atoms with van der Waals surface area (Å²) in [6, 6.07) is 13.9. The van der Waals surface area contributed by atoms with E-state index in [0.29, 0.717) is 12.4 Å². The monoisotopic (exact) mass is 363 g/mol. The summed E-state index contributed by atoms with van der Waals surface area (Å²) < 4.78 is 5.63. The summed E-state index contributed by atoms with van der Waals surface area (Å²) in [7, 11) is 0. The van der Waals surface area contributed by atoms with Crippen LogP contribution in [0.2, 0.25) is 0 Å². The van der Waals surface area contributed by atoms with Crippen LogP contribution < -0.4 is 10.6 Å². The summed E-state index contributed by atoms with van der Waals surface area (Å²) in [4.78, 5) is 18.4. The number of ether oxygens (including phenoxy) is 1. The Hall–Kier alpha value is -3.08. The molecule has 27 heavy (non-hydrogen) atoms. The number of carbonyl (C=O) groups excluding carboxylic acids is 1. The molecule has 1 amide bonds. The van der Waals surface area contributed by atoms with Gasteiger partial charge in [0.15, 0.2) is 5.88 Å². The molecule has 5 nitrogen and oxygen atoms in total. The van der Waals surface area contributed by atoms with Gasteiger partial charge in [0.25, 0.3) is 0 Å². The van der Waals surface area contributed by atoms with Crippen molar-refractivity contribution in [2.45, 2.75) is 39.8 Å². The third-order valence-corrected chi connectivity index (χ3v) is 4.73. The smallest absolute Gasteiger partial charge is 0.214 e. The van der Waals surface area contributed by atoms with Crippen molar-refractivity contribution in [1.82, 2.24) is 0 Å². The van der Waals surface area contributed by atoms with Crippen LogP contribution in [-0.2, 0) is 16.1 Å². The average molecular weight is 363 g/mol. The molecule has 0 aromatic heterocycles. The SMILES string of the molecule is Cc1cc(N=C2C=C(N)OC2(C)C)c(N(C=O)Cc2ccccc2)cc1C. The number of nitrogens with two attached hydrogens (primary N) is 1. The topological polar surface area (TPSA) is 67.9 Å². The van der Waals surface area contributed by atoms with Gasteiger partial charge in [-0.25, -0.2) is 4.99 Å². The fourth-order valence-electron chi connectivity index (χ4n) is 3.05. The number of hydrogen-bond donors (Lipinski definition) is 1. The summed E-state index contributed by atoms with van der Waals surface area (Å²) >= 11 is 0. The fraction of sp³-hybridized carbons (Fsp3) is 0.273. The van der Waals surface area contributed by atoms with Gasteiger partial charge in [-0.1, -0.05) is 30.3 Å². The number of carbonyl (C=O) groups is 1. The molecule has 0 atom stereocenters. The number of hydrogen-bond acceptors (Lipinski definition) is 4. The zero-order valence-electron chi connectivity index (χ0n) is 16.2. The number of nitrogens with zero attached hydrogens (tertiary/aromatic N) is 2. The maximum Gasteiger partial charge on any atom is 0.214 e. The first-order chi connectivity index (χ1) is 12.8. The summed E-state index contributed by atoms with van der Waals surface area (Å²) in [5.41, 5.74) is 10.7. The molecule has 2 aromatic carbocycles. The Bertz CT molecular complexity index is 915. The number of aliphatic imine (C=N–C) groups is 1. The highest BCUT2D eigenvalue weighted by Crippen LogP contribution is 2.35. The maximum absolute atomic E-state index is 11.9. The summed E-state index contributed by atoms with van der Waals surface area (Å²) in [6.45, 7) is 8.38. The van der Waals surface area contributed by atoms with Crippen LogP contribution in [0.15, 0.2) is 59.4 Å². The fourth-order valence-corrected chi connectivity index (χ4v) is 3.05. The molecule has 0 unspecified atom stereocenters. The summed E-state index contributed by atoms with van der Waals surface area (Å²) in [6.07, 6.45) is 2.59. The van der Waals surface area contributed by atoms with Gasteiger partial charge < -0.3 is 15.4 Å². The van der Waals surface area contributed by atoms with Crippen LogP contribution in [0.3, 0.4) is 0 Å². The second-order valence-corrected chi connectivity index (χ2v) is 7.30. The third-order valence-electron chi connectivity index (χ3n) is 4.73. The van der Waals surface area contributed by atoms with Gasteiger partial charge in [0.05, 0.1) is 23.6 Å². The molecule has 5 heteroatoms. The molecule has 1 aliphatic heterocycles. The van der Waals surface area contributed by atoms with Crippen LogP contribution in [0.1, 0.15) is 30.5 Å². The van der Waals surface area contributed by atoms with Crippen LogP contribution >= 0.6 is 0 Å². The van der Waals surface area contributed by atoms with E-state index in [4.69, 9.17) is 15.5 Å². The number of anilines is 1. The first-order valence-electron chi connectivity index (χ1n) is 8.92. The minimum absolute atomic E-state index is 0.348. The van der Waals surface area contributed by atoms with Crippen molar-refractivity contribution >= 4 is 23.5 Å².